The molecule has 0 heterocycles. The van der Waals surface area contributed by atoms with E-state index in [0.29, 0.717) is 6.54 Å². The molecule has 0 aromatic rings. The van der Waals surface area contributed by atoms with Crippen LogP contribution in [0, 0.1) is 0 Å². The fourth-order valence-electron chi connectivity index (χ4n) is 1.15. The van der Waals surface area contributed by atoms with Crippen LogP contribution in [0.15, 0.2) is 0 Å². The second-order valence-electron chi connectivity index (χ2n) is 3.31. The van der Waals surface area contributed by atoms with Crippen LogP contribution >= 0.6 is 11.6 Å². The molecule has 3 nitrogen and oxygen atoms in total. The molecule has 13 heavy (non-hydrogen) atoms. The molecule has 1 unspecified atom stereocenters. The normalized spacial score (nSPS) is 15.3. The van der Waals surface area contributed by atoms with Crippen molar-refractivity contribution in [1.82, 2.24) is 4.31 Å². The molecule has 0 aliphatic rings. The Morgan fingerprint density at radius 3 is 2.00 bits per heavy atom. The highest BCUT2D eigenvalue weighted by molar-refractivity contribution is 7.89. The summed E-state index contributed by atoms with van der Waals surface area (Å²) >= 11 is 5.54. The maximum absolute atomic E-state index is 11.8. The lowest BCUT2D eigenvalue weighted by Crippen LogP contribution is -2.42. The van der Waals surface area contributed by atoms with Crippen LogP contribution in [0.4, 0.5) is 0 Å². The molecule has 0 rings (SSSR count). The lowest BCUT2D eigenvalue weighted by molar-refractivity contribution is 0.365. The molecule has 0 aromatic carbocycles. The molecule has 0 aliphatic carbocycles. The number of hydrogen-bond acceptors (Lipinski definition) is 2. The minimum absolute atomic E-state index is 0.000617. The Bertz CT molecular complexity index is 239. The Hall–Kier alpha value is 0.200. The van der Waals surface area contributed by atoms with Gasteiger partial charge in [-0.05, 0) is 20.8 Å². The average Bonchev–Trinajstić information content (AvgIpc) is 2.02. The molecule has 0 aliphatic heterocycles. The number of rotatable bonds is 5. The molecule has 0 amide bonds. The predicted octanol–water partition coefficient (Wildman–Crippen LogP) is 1.67. The second-order valence-corrected chi connectivity index (χ2v) is 5.92. The molecular formula is C8H18ClNO2S. The van der Waals surface area contributed by atoms with E-state index in [4.69, 9.17) is 11.6 Å². The first kappa shape index (κ1) is 13.2. The highest BCUT2D eigenvalue weighted by Gasteiger charge is 2.28. The topological polar surface area (TPSA) is 37.4 Å². The summed E-state index contributed by atoms with van der Waals surface area (Å²) < 4.78 is 25.0. The Labute approximate surface area is 86.1 Å². The quantitative estimate of drug-likeness (QED) is 0.671. The molecule has 0 saturated carbocycles. The Kier molecular flexibility index (Phi) is 5.25. The van der Waals surface area contributed by atoms with E-state index in [2.05, 4.69) is 0 Å². The van der Waals surface area contributed by atoms with E-state index in [1.165, 1.54) is 4.31 Å². The molecule has 0 radical (unpaired) electrons. The van der Waals surface area contributed by atoms with Gasteiger partial charge >= 0.3 is 0 Å². The molecule has 1 atom stereocenters. The summed E-state index contributed by atoms with van der Waals surface area (Å²) in [6, 6.07) is 0.000617. The largest absolute Gasteiger partial charge is 0.218 e. The highest BCUT2D eigenvalue weighted by atomic mass is 35.5. The minimum atomic E-state index is -3.20. The van der Waals surface area contributed by atoms with Crippen LogP contribution < -0.4 is 0 Å². The van der Waals surface area contributed by atoms with E-state index >= 15 is 0 Å². The molecule has 5 heteroatoms. The SMILES string of the molecule is CCN(C(C)C)S(=O)(=O)C(C)CCl. The molecule has 0 N–H and O–H groups in total. The second kappa shape index (κ2) is 5.17. The molecule has 0 saturated heterocycles. The lowest BCUT2D eigenvalue weighted by Gasteiger charge is -2.26. The van der Waals surface area contributed by atoms with Crippen molar-refractivity contribution in [3.8, 4) is 0 Å². The summed E-state index contributed by atoms with van der Waals surface area (Å²) in [6.07, 6.45) is 0. The number of nitrogens with zero attached hydrogens (tertiary/aromatic N) is 1. The van der Waals surface area contributed by atoms with Gasteiger partial charge in [0.2, 0.25) is 10.0 Å². The monoisotopic (exact) mass is 227 g/mol. The van der Waals surface area contributed by atoms with Gasteiger partial charge in [0.15, 0.2) is 0 Å². The first-order valence-electron chi connectivity index (χ1n) is 4.44. The van der Waals surface area contributed by atoms with Crippen molar-refractivity contribution < 1.29 is 8.42 Å². The Balaban J connectivity index is 4.79. The van der Waals surface area contributed by atoms with Gasteiger partial charge in [-0.3, -0.25) is 0 Å². The van der Waals surface area contributed by atoms with Crippen LogP contribution in [0.5, 0.6) is 0 Å². The molecule has 80 valence electrons. The third kappa shape index (κ3) is 3.11. The third-order valence-electron chi connectivity index (χ3n) is 1.94. The Morgan fingerprint density at radius 1 is 1.31 bits per heavy atom. The lowest BCUT2D eigenvalue weighted by atomic mass is 10.4. The summed E-state index contributed by atoms with van der Waals surface area (Å²) in [7, 11) is -3.20. The van der Waals surface area contributed by atoms with Gasteiger partial charge in [-0.1, -0.05) is 6.92 Å². The van der Waals surface area contributed by atoms with Gasteiger partial charge in [0.05, 0.1) is 5.25 Å². The van der Waals surface area contributed by atoms with Gasteiger partial charge in [-0.15, -0.1) is 11.6 Å². The van der Waals surface area contributed by atoms with Gasteiger partial charge in [-0.2, -0.15) is 4.31 Å². The van der Waals surface area contributed by atoms with Gasteiger partial charge in [0.25, 0.3) is 0 Å². The minimum Gasteiger partial charge on any atom is -0.212 e. The van der Waals surface area contributed by atoms with E-state index in [9.17, 15) is 8.42 Å². The van der Waals surface area contributed by atoms with Gasteiger partial charge in [-0.25, -0.2) is 8.42 Å². The molecule has 0 bridgehead atoms. The standard InChI is InChI=1S/C8H18ClNO2S/c1-5-10(7(2)3)13(11,12)8(4)6-9/h7-8H,5-6H2,1-4H3. The summed E-state index contributed by atoms with van der Waals surface area (Å²) in [6.45, 7) is 7.69. The van der Waals surface area contributed by atoms with Crippen molar-refractivity contribution in [2.24, 2.45) is 0 Å². The van der Waals surface area contributed by atoms with E-state index < -0.39 is 15.3 Å². The van der Waals surface area contributed by atoms with E-state index in [-0.39, 0.29) is 11.9 Å². The fourth-order valence-corrected chi connectivity index (χ4v) is 3.20. The van der Waals surface area contributed by atoms with Gasteiger partial charge in [0, 0.05) is 18.5 Å². The first-order valence-corrected chi connectivity index (χ1v) is 6.48. The number of sulfonamides is 1. The molecule has 0 fully saturated rings. The van der Waals surface area contributed by atoms with Crippen LogP contribution in [0.25, 0.3) is 0 Å². The van der Waals surface area contributed by atoms with E-state index in [0.717, 1.165) is 0 Å². The summed E-state index contributed by atoms with van der Waals surface area (Å²) in [5.74, 6) is 0.144. The average molecular weight is 228 g/mol. The van der Waals surface area contributed by atoms with Crippen LogP contribution in [0.2, 0.25) is 0 Å². The summed E-state index contributed by atoms with van der Waals surface area (Å²) in [5, 5.41) is -0.503. The predicted molar refractivity (Wildman–Crippen MR) is 56.6 cm³/mol. The van der Waals surface area contributed by atoms with Crippen molar-refractivity contribution in [2.75, 3.05) is 12.4 Å². The molecule has 0 aromatic heterocycles. The number of halogens is 1. The number of hydrogen-bond donors (Lipinski definition) is 0. The maximum Gasteiger partial charge on any atom is 0.218 e. The Morgan fingerprint density at radius 2 is 1.77 bits per heavy atom. The van der Waals surface area contributed by atoms with Crippen molar-refractivity contribution in [3.05, 3.63) is 0 Å². The van der Waals surface area contributed by atoms with Crippen molar-refractivity contribution in [2.45, 2.75) is 39.0 Å². The van der Waals surface area contributed by atoms with E-state index in [1.54, 1.807) is 6.92 Å². The first-order chi connectivity index (χ1) is 5.87. The van der Waals surface area contributed by atoms with Gasteiger partial charge < -0.3 is 0 Å². The summed E-state index contributed by atoms with van der Waals surface area (Å²) in [5.41, 5.74) is 0. The number of alkyl halides is 1. The molecule has 0 spiro atoms. The maximum atomic E-state index is 11.8. The van der Waals surface area contributed by atoms with Crippen LogP contribution in [-0.2, 0) is 10.0 Å². The zero-order valence-electron chi connectivity index (χ0n) is 8.62. The van der Waals surface area contributed by atoms with E-state index in [1.807, 2.05) is 20.8 Å². The van der Waals surface area contributed by atoms with Crippen molar-refractivity contribution >= 4 is 21.6 Å². The van der Waals surface area contributed by atoms with Crippen molar-refractivity contribution in [3.63, 3.8) is 0 Å². The van der Waals surface area contributed by atoms with Crippen LogP contribution in [-0.4, -0.2) is 36.4 Å². The highest BCUT2D eigenvalue weighted by Crippen LogP contribution is 2.13. The smallest absolute Gasteiger partial charge is 0.212 e. The van der Waals surface area contributed by atoms with Crippen LogP contribution in [0.3, 0.4) is 0 Å². The van der Waals surface area contributed by atoms with Crippen LogP contribution in [0.1, 0.15) is 27.7 Å². The van der Waals surface area contributed by atoms with Gasteiger partial charge in [0.1, 0.15) is 0 Å². The fraction of sp³-hybridized carbons (Fsp3) is 1.00. The third-order valence-corrected chi connectivity index (χ3v) is 5.10. The summed E-state index contributed by atoms with van der Waals surface area (Å²) in [4.78, 5) is 0. The zero-order valence-corrected chi connectivity index (χ0v) is 10.2. The zero-order chi connectivity index (χ0) is 10.6. The molecular weight excluding hydrogens is 210 g/mol. The van der Waals surface area contributed by atoms with Crippen molar-refractivity contribution in [1.29, 1.82) is 0 Å².